The fourth-order valence-corrected chi connectivity index (χ4v) is 0.562. The Labute approximate surface area is 63.0 Å². The first kappa shape index (κ1) is 9.21. The second kappa shape index (κ2) is 5.03. The lowest BCUT2D eigenvalue weighted by molar-refractivity contribution is 1.02. The lowest BCUT2D eigenvalue weighted by Gasteiger charge is -2.07. The molecule has 0 unspecified atom stereocenters. The van der Waals surface area contributed by atoms with E-state index in [1.807, 2.05) is 27.0 Å². The first-order chi connectivity index (χ1) is 4.79. The molecule has 0 atom stereocenters. The quantitative estimate of drug-likeness (QED) is 0.546. The molecule has 0 saturated carbocycles. The topological polar surface area (TPSA) is 24.4 Å². The molecule has 2 nitrogen and oxygen atoms in total. The number of aliphatic imine (C=N–C) groups is 1. The van der Waals surface area contributed by atoms with Gasteiger partial charge in [0.2, 0.25) is 0 Å². The van der Waals surface area contributed by atoms with E-state index in [1.54, 1.807) is 0 Å². The Morgan fingerprint density at radius 1 is 1.40 bits per heavy atom. The maximum Gasteiger partial charge on any atom is 0.0974 e. The van der Waals surface area contributed by atoms with Gasteiger partial charge in [-0.25, -0.2) is 0 Å². The van der Waals surface area contributed by atoms with Gasteiger partial charge >= 0.3 is 0 Å². The standard InChI is InChI=1S/C6H10N2.C2H6/c1-5-3-7-6(2)8-4-5;1-2/h3H,4H2,1-2H3,(H,7,8);1-2H3. The third kappa shape index (κ3) is 3.28. The molecular formula is C8H16N2. The third-order valence-corrected chi connectivity index (χ3v) is 1.09. The van der Waals surface area contributed by atoms with Crippen molar-refractivity contribution in [3.63, 3.8) is 0 Å². The van der Waals surface area contributed by atoms with Gasteiger partial charge in [0.1, 0.15) is 0 Å². The van der Waals surface area contributed by atoms with Crippen LogP contribution in [0.5, 0.6) is 0 Å². The highest BCUT2D eigenvalue weighted by Crippen LogP contribution is 1.95. The number of rotatable bonds is 0. The van der Waals surface area contributed by atoms with Crippen molar-refractivity contribution in [1.82, 2.24) is 5.32 Å². The first-order valence-electron chi connectivity index (χ1n) is 3.72. The van der Waals surface area contributed by atoms with E-state index in [9.17, 15) is 0 Å². The summed E-state index contributed by atoms with van der Waals surface area (Å²) in [6.45, 7) is 8.88. The minimum absolute atomic E-state index is 0.860. The zero-order chi connectivity index (χ0) is 7.98. The van der Waals surface area contributed by atoms with Crippen LogP contribution in [0.1, 0.15) is 27.7 Å². The van der Waals surface area contributed by atoms with Gasteiger partial charge < -0.3 is 5.32 Å². The Balaban J connectivity index is 0.000000371. The van der Waals surface area contributed by atoms with Crippen molar-refractivity contribution >= 4 is 5.84 Å². The molecule has 2 heteroatoms. The molecule has 1 aliphatic heterocycles. The highest BCUT2D eigenvalue weighted by atomic mass is 15.0. The molecule has 0 aliphatic carbocycles. The van der Waals surface area contributed by atoms with Crippen molar-refractivity contribution in [2.75, 3.05) is 6.54 Å². The van der Waals surface area contributed by atoms with Gasteiger partial charge in [-0.2, -0.15) is 0 Å². The second-order valence-electron chi connectivity index (χ2n) is 2.04. The minimum Gasteiger partial charge on any atom is -0.351 e. The Hall–Kier alpha value is -0.790. The molecule has 0 amide bonds. The van der Waals surface area contributed by atoms with Crippen LogP contribution >= 0.6 is 0 Å². The molecule has 1 N–H and O–H groups in total. The molecule has 1 aliphatic rings. The summed E-state index contributed by atoms with van der Waals surface area (Å²) in [5, 5.41) is 3.02. The monoisotopic (exact) mass is 140 g/mol. The minimum atomic E-state index is 0.860. The van der Waals surface area contributed by atoms with Gasteiger partial charge in [0.05, 0.1) is 12.4 Å². The van der Waals surface area contributed by atoms with E-state index in [-0.39, 0.29) is 0 Å². The van der Waals surface area contributed by atoms with Crippen molar-refractivity contribution in [3.05, 3.63) is 11.8 Å². The van der Waals surface area contributed by atoms with E-state index < -0.39 is 0 Å². The number of hydrogen-bond acceptors (Lipinski definition) is 2. The molecule has 0 bridgehead atoms. The van der Waals surface area contributed by atoms with Crippen LogP contribution in [0.2, 0.25) is 0 Å². The normalized spacial score (nSPS) is 15.6. The molecule has 1 heterocycles. The van der Waals surface area contributed by atoms with Crippen LogP contribution in [0.15, 0.2) is 16.8 Å². The molecule has 1 rings (SSSR count). The maximum atomic E-state index is 4.15. The Morgan fingerprint density at radius 2 is 2.00 bits per heavy atom. The lowest BCUT2D eigenvalue weighted by Crippen LogP contribution is -2.18. The van der Waals surface area contributed by atoms with Crippen LogP contribution in [0.4, 0.5) is 0 Å². The van der Waals surface area contributed by atoms with E-state index in [0.29, 0.717) is 0 Å². The van der Waals surface area contributed by atoms with Gasteiger partial charge in [-0.3, -0.25) is 4.99 Å². The fourth-order valence-electron chi connectivity index (χ4n) is 0.562. The Bertz CT molecular complexity index is 127. The summed E-state index contributed by atoms with van der Waals surface area (Å²) >= 11 is 0. The van der Waals surface area contributed by atoms with Gasteiger partial charge in [-0.15, -0.1) is 0 Å². The molecule has 10 heavy (non-hydrogen) atoms. The summed E-state index contributed by atoms with van der Waals surface area (Å²) in [5.74, 6) is 1.01. The Kier molecular flexibility index (Phi) is 4.63. The average molecular weight is 140 g/mol. The van der Waals surface area contributed by atoms with Crippen LogP contribution in [0.25, 0.3) is 0 Å². The van der Waals surface area contributed by atoms with Crippen molar-refractivity contribution in [2.24, 2.45) is 4.99 Å². The van der Waals surface area contributed by atoms with Crippen LogP contribution in [0, 0.1) is 0 Å². The largest absolute Gasteiger partial charge is 0.351 e. The molecule has 0 saturated heterocycles. The van der Waals surface area contributed by atoms with Gasteiger partial charge in [0.15, 0.2) is 0 Å². The summed E-state index contributed by atoms with van der Waals surface area (Å²) in [7, 11) is 0. The van der Waals surface area contributed by atoms with Crippen LogP contribution < -0.4 is 5.32 Å². The van der Waals surface area contributed by atoms with Crippen molar-refractivity contribution in [1.29, 1.82) is 0 Å². The SMILES string of the molecule is CC.CC1=CNC(C)=NC1. The maximum absolute atomic E-state index is 4.15. The van der Waals surface area contributed by atoms with Crippen LogP contribution in [-0.2, 0) is 0 Å². The zero-order valence-electron chi connectivity index (χ0n) is 7.23. The molecular weight excluding hydrogens is 124 g/mol. The average Bonchev–Trinajstić information content (AvgIpc) is 2.00. The smallest absolute Gasteiger partial charge is 0.0974 e. The molecule has 0 aromatic carbocycles. The van der Waals surface area contributed by atoms with E-state index in [0.717, 1.165) is 12.4 Å². The number of hydrogen-bond donors (Lipinski definition) is 1. The van der Waals surface area contributed by atoms with E-state index in [1.165, 1.54) is 5.57 Å². The fraction of sp³-hybridized carbons (Fsp3) is 0.625. The predicted molar refractivity (Wildman–Crippen MR) is 46.2 cm³/mol. The van der Waals surface area contributed by atoms with E-state index >= 15 is 0 Å². The summed E-state index contributed by atoms with van der Waals surface area (Å²) in [4.78, 5) is 4.15. The zero-order valence-corrected chi connectivity index (χ0v) is 7.23. The molecule has 58 valence electrons. The summed E-state index contributed by atoms with van der Waals surface area (Å²) in [5.41, 5.74) is 1.29. The van der Waals surface area contributed by atoms with Crippen molar-refractivity contribution < 1.29 is 0 Å². The van der Waals surface area contributed by atoms with Crippen molar-refractivity contribution in [2.45, 2.75) is 27.7 Å². The highest BCUT2D eigenvalue weighted by Gasteiger charge is 1.94. The van der Waals surface area contributed by atoms with Gasteiger partial charge in [0.25, 0.3) is 0 Å². The number of nitrogens with zero attached hydrogens (tertiary/aromatic N) is 1. The molecule has 0 fully saturated rings. The lowest BCUT2D eigenvalue weighted by atomic mass is 10.3. The third-order valence-electron chi connectivity index (χ3n) is 1.09. The number of nitrogens with one attached hydrogen (secondary N) is 1. The predicted octanol–water partition coefficient (Wildman–Crippen LogP) is 1.94. The Morgan fingerprint density at radius 3 is 2.30 bits per heavy atom. The second-order valence-corrected chi connectivity index (χ2v) is 2.04. The molecule has 0 aromatic rings. The molecule has 0 radical (unpaired) electrons. The van der Waals surface area contributed by atoms with Gasteiger partial charge in [0, 0.05) is 6.20 Å². The summed E-state index contributed by atoms with van der Waals surface area (Å²) in [6.07, 6.45) is 1.99. The summed E-state index contributed by atoms with van der Waals surface area (Å²) in [6, 6.07) is 0. The van der Waals surface area contributed by atoms with Crippen LogP contribution in [0.3, 0.4) is 0 Å². The number of amidine groups is 1. The summed E-state index contributed by atoms with van der Waals surface area (Å²) < 4.78 is 0. The van der Waals surface area contributed by atoms with Gasteiger partial charge in [-0.1, -0.05) is 13.8 Å². The molecule has 0 spiro atoms. The first-order valence-corrected chi connectivity index (χ1v) is 3.72. The highest BCUT2D eigenvalue weighted by molar-refractivity contribution is 5.81. The van der Waals surface area contributed by atoms with Crippen LogP contribution in [-0.4, -0.2) is 12.4 Å². The van der Waals surface area contributed by atoms with E-state index in [4.69, 9.17) is 0 Å². The molecule has 0 aromatic heterocycles. The van der Waals surface area contributed by atoms with E-state index in [2.05, 4.69) is 17.2 Å². The van der Waals surface area contributed by atoms with Crippen molar-refractivity contribution in [3.8, 4) is 0 Å². The van der Waals surface area contributed by atoms with Gasteiger partial charge in [-0.05, 0) is 19.4 Å².